The zero-order valence-corrected chi connectivity index (χ0v) is 15.8. The fourth-order valence-electron chi connectivity index (χ4n) is 2.95. The first-order valence-electron chi connectivity index (χ1n) is 8.80. The van der Waals surface area contributed by atoms with Crippen molar-refractivity contribution in [1.82, 2.24) is 25.2 Å². The van der Waals surface area contributed by atoms with Gasteiger partial charge >= 0.3 is 11.8 Å². The molecule has 4 heterocycles. The van der Waals surface area contributed by atoms with Crippen LogP contribution in [0.4, 0.5) is 10.9 Å². The zero-order valence-electron chi connectivity index (χ0n) is 15.0. The van der Waals surface area contributed by atoms with Crippen molar-refractivity contribution < 1.29 is 9.59 Å². The minimum absolute atomic E-state index is 0.289. The van der Waals surface area contributed by atoms with Crippen molar-refractivity contribution in [2.45, 2.75) is 19.5 Å². The number of nitrogens with zero attached hydrogens (tertiary/aromatic N) is 4. The van der Waals surface area contributed by atoms with Gasteiger partial charge in [0.25, 0.3) is 0 Å². The molecule has 0 unspecified atom stereocenters. The summed E-state index contributed by atoms with van der Waals surface area (Å²) in [6.07, 6.45) is 5.68. The van der Waals surface area contributed by atoms with E-state index in [9.17, 15) is 9.59 Å². The smallest absolute Gasteiger partial charge is 0.312 e. The van der Waals surface area contributed by atoms with Gasteiger partial charge in [0.15, 0.2) is 5.13 Å². The van der Waals surface area contributed by atoms with Crippen LogP contribution in [0.15, 0.2) is 48.2 Å². The van der Waals surface area contributed by atoms with Crippen LogP contribution in [0.1, 0.15) is 16.8 Å². The van der Waals surface area contributed by atoms with E-state index in [4.69, 9.17) is 0 Å². The number of rotatable bonds is 4. The molecule has 1 aliphatic rings. The van der Waals surface area contributed by atoms with Gasteiger partial charge in [-0.1, -0.05) is 6.07 Å². The minimum Gasteiger partial charge on any atom is -0.344 e. The van der Waals surface area contributed by atoms with Crippen molar-refractivity contribution in [3.05, 3.63) is 65.1 Å². The van der Waals surface area contributed by atoms with Gasteiger partial charge in [-0.2, -0.15) is 0 Å². The Morgan fingerprint density at radius 3 is 2.79 bits per heavy atom. The van der Waals surface area contributed by atoms with Crippen LogP contribution in [0.3, 0.4) is 0 Å². The lowest BCUT2D eigenvalue weighted by atomic mass is 10.0. The van der Waals surface area contributed by atoms with Gasteiger partial charge < -0.3 is 15.5 Å². The summed E-state index contributed by atoms with van der Waals surface area (Å²) in [5.74, 6) is -0.484. The maximum Gasteiger partial charge on any atom is 0.312 e. The summed E-state index contributed by atoms with van der Waals surface area (Å²) < 4.78 is 0. The molecule has 2 N–H and O–H groups in total. The summed E-state index contributed by atoms with van der Waals surface area (Å²) in [7, 11) is 0. The number of carbonyl (C=O) groups is 2. The van der Waals surface area contributed by atoms with Gasteiger partial charge in [0.05, 0.1) is 12.2 Å². The molecule has 1 aliphatic heterocycles. The van der Waals surface area contributed by atoms with Crippen molar-refractivity contribution in [2.75, 3.05) is 11.9 Å². The monoisotopic (exact) mass is 394 g/mol. The fraction of sp³-hybridized carbons (Fsp3) is 0.211. The number of carbonyl (C=O) groups excluding carboxylic acids is 2. The van der Waals surface area contributed by atoms with Crippen molar-refractivity contribution >= 4 is 34.1 Å². The summed E-state index contributed by atoms with van der Waals surface area (Å²) >= 11 is 1.48. The van der Waals surface area contributed by atoms with Gasteiger partial charge in [0.1, 0.15) is 5.82 Å². The number of thiazole rings is 1. The zero-order chi connectivity index (χ0) is 19.3. The van der Waals surface area contributed by atoms with E-state index >= 15 is 0 Å². The lowest BCUT2D eigenvalue weighted by molar-refractivity contribution is -0.146. The molecule has 0 spiro atoms. The Morgan fingerprint density at radius 2 is 2.00 bits per heavy atom. The van der Waals surface area contributed by atoms with Crippen molar-refractivity contribution in [3.63, 3.8) is 0 Å². The molecule has 28 heavy (non-hydrogen) atoms. The van der Waals surface area contributed by atoms with Gasteiger partial charge in [-0.3, -0.25) is 14.6 Å². The van der Waals surface area contributed by atoms with Gasteiger partial charge in [-0.05, 0) is 35.7 Å². The van der Waals surface area contributed by atoms with Crippen molar-refractivity contribution in [2.24, 2.45) is 0 Å². The molecule has 0 saturated carbocycles. The Kier molecular flexibility index (Phi) is 5.24. The average molecular weight is 394 g/mol. The quantitative estimate of drug-likeness (QED) is 0.656. The number of pyridine rings is 2. The largest absolute Gasteiger partial charge is 0.344 e. The lowest BCUT2D eigenvalue weighted by Gasteiger charge is -2.27. The molecular weight excluding hydrogens is 376 g/mol. The summed E-state index contributed by atoms with van der Waals surface area (Å²) in [6, 6.07) is 7.49. The summed E-state index contributed by atoms with van der Waals surface area (Å²) in [6.45, 7) is 1.09. The SMILES string of the molecule is O=C(NCc1ccncc1)C(=O)N1CCc2ccc(Nc3nccs3)nc2C1. The molecule has 0 atom stereocenters. The van der Waals surface area contributed by atoms with Crippen LogP contribution in [0, 0.1) is 0 Å². The van der Waals surface area contributed by atoms with E-state index in [1.807, 2.05) is 17.5 Å². The Morgan fingerprint density at radius 1 is 1.14 bits per heavy atom. The predicted molar refractivity (Wildman–Crippen MR) is 105 cm³/mol. The molecular formula is C19H18N6O2S. The summed E-state index contributed by atoms with van der Waals surface area (Å²) in [5.41, 5.74) is 2.77. The number of aromatic nitrogens is 3. The van der Waals surface area contributed by atoms with E-state index in [1.165, 1.54) is 16.2 Å². The number of hydrogen-bond acceptors (Lipinski definition) is 7. The molecule has 0 saturated heterocycles. The number of anilines is 2. The molecule has 0 bridgehead atoms. The van der Waals surface area contributed by atoms with Crippen LogP contribution in [-0.4, -0.2) is 38.2 Å². The van der Waals surface area contributed by atoms with Crippen LogP contribution in [0.2, 0.25) is 0 Å². The van der Waals surface area contributed by atoms with E-state index < -0.39 is 11.8 Å². The molecule has 8 nitrogen and oxygen atoms in total. The molecule has 3 aromatic heterocycles. The molecule has 0 aliphatic carbocycles. The van der Waals surface area contributed by atoms with Gasteiger partial charge in [0.2, 0.25) is 0 Å². The molecule has 9 heteroatoms. The minimum atomic E-state index is -0.614. The maximum atomic E-state index is 12.5. The highest BCUT2D eigenvalue weighted by atomic mass is 32.1. The van der Waals surface area contributed by atoms with Crippen LogP contribution in [-0.2, 0) is 29.1 Å². The number of fused-ring (bicyclic) bond motifs is 1. The van der Waals surface area contributed by atoms with Gasteiger partial charge in [0, 0.05) is 37.1 Å². The molecule has 0 radical (unpaired) electrons. The normalized spacial score (nSPS) is 12.9. The number of hydrogen-bond donors (Lipinski definition) is 2. The Hall–Kier alpha value is -3.33. The Bertz CT molecular complexity index is 977. The first kappa shape index (κ1) is 18.1. The molecule has 0 fully saturated rings. The number of amides is 2. The highest BCUT2D eigenvalue weighted by Gasteiger charge is 2.26. The maximum absolute atomic E-state index is 12.5. The molecule has 0 aromatic carbocycles. The third kappa shape index (κ3) is 4.15. The standard InChI is InChI=1S/C19H18N6O2S/c26-17(22-11-13-3-6-20-7-4-13)18(27)25-9-5-14-1-2-16(23-15(14)12-25)24-19-21-8-10-28-19/h1-4,6-8,10H,5,9,11-12H2,(H,22,26)(H,21,23,24). The molecule has 3 aromatic rings. The van der Waals surface area contributed by atoms with E-state index in [0.717, 1.165) is 22.0 Å². The Balaban J connectivity index is 1.39. The predicted octanol–water partition coefficient (Wildman–Crippen LogP) is 1.88. The number of nitrogens with one attached hydrogen (secondary N) is 2. The molecule has 4 rings (SSSR count). The highest BCUT2D eigenvalue weighted by molar-refractivity contribution is 7.13. The van der Waals surface area contributed by atoms with E-state index in [1.54, 1.807) is 30.7 Å². The second-order valence-electron chi connectivity index (χ2n) is 6.28. The topological polar surface area (TPSA) is 100 Å². The highest BCUT2D eigenvalue weighted by Crippen LogP contribution is 2.22. The van der Waals surface area contributed by atoms with Crippen LogP contribution in [0.5, 0.6) is 0 Å². The van der Waals surface area contributed by atoms with Crippen molar-refractivity contribution in [3.8, 4) is 0 Å². The first-order valence-corrected chi connectivity index (χ1v) is 9.68. The van der Waals surface area contributed by atoms with Gasteiger partial charge in [-0.15, -0.1) is 11.3 Å². The van der Waals surface area contributed by atoms with Crippen LogP contribution >= 0.6 is 11.3 Å². The summed E-state index contributed by atoms with van der Waals surface area (Å²) in [4.78, 5) is 39.0. The lowest BCUT2D eigenvalue weighted by Crippen LogP contribution is -2.45. The molecule has 2 amide bonds. The molecule has 142 valence electrons. The van der Waals surface area contributed by atoms with Crippen LogP contribution < -0.4 is 10.6 Å². The third-order valence-corrected chi connectivity index (χ3v) is 5.10. The van der Waals surface area contributed by atoms with Crippen LogP contribution in [0.25, 0.3) is 0 Å². The van der Waals surface area contributed by atoms with E-state index in [2.05, 4.69) is 25.6 Å². The Labute approximate surface area is 165 Å². The first-order chi connectivity index (χ1) is 13.7. The fourth-order valence-corrected chi connectivity index (χ4v) is 3.49. The van der Waals surface area contributed by atoms with Gasteiger partial charge in [-0.25, -0.2) is 9.97 Å². The third-order valence-electron chi connectivity index (χ3n) is 4.41. The van der Waals surface area contributed by atoms with E-state index in [0.29, 0.717) is 25.3 Å². The van der Waals surface area contributed by atoms with E-state index in [-0.39, 0.29) is 6.54 Å². The van der Waals surface area contributed by atoms with Crippen molar-refractivity contribution in [1.29, 1.82) is 0 Å². The second-order valence-corrected chi connectivity index (χ2v) is 7.17. The average Bonchev–Trinajstić information content (AvgIpc) is 3.24. The summed E-state index contributed by atoms with van der Waals surface area (Å²) in [5, 5.41) is 8.45. The second kappa shape index (κ2) is 8.13.